The van der Waals surface area contributed by atoms with Crippen molar-refractivity contribution in [3.63, 3.8) is 0 Å². The summed E-state index contributed by atoms with van der Waals surface area (Å²) in [6.07, 6.45) is 3.11. The minimum Gasteiger partial charge on any atom is -0.488 e. The maximum atomic E-state index is 14.4. The Hall–Kier alpha value is -5.41. The second-order valence-electron chi connectivity index (χ2n) is 13.9. The predicted octanol–water partition coefficient (Wildman–Crippen LogP) is 5.57. The summed E-state index contributed by atoms with van der Waals surface area (Å²) in [4.78, 5) is 34.2. The monoisotopic (exact) mass is 755 g/mol. The number of ether oxygens (including phenoxy) is 3. The molecule has 6 rings (SSSR count). The van der Waals surface area contributed by atoms with Gasteiger partial charge in [0.25, 0.3) is 0 Å². The molecule has 14 nitrogen and oxygen atoms in total. The van der Waals surface area contributed by atoms with Crippen LogP contribution >= 0.6 is 0 Å². The second kappa shape index (κ2) is 15.5. The van der Waals surface area contributed by atoms with Crippen LogP contribution in [0.4, 0.5) is 5.69 Å². The van der Waals surface area contributed by atoms with E-state index in [9.17, 15) is 18.0 Å². The van der Waals surface area contributed by atoms with Crippen molar-refractivity contribution in [2.75, 3.05) is 25.6 Å². The molecule has 0 spiro atoms. The zero-order valence-corrected chi connectivity index (χ0v) is 32.3. The van der Waals surface area contributed by atoms with Gasteiger partial charge in [-0.05, 0) is 73.2 Å². The molecule has 5 aromatic rings. The van der Waals surface area contributed by atoms with Gasteiger partial charge in [0.15, 0.2) is 6.61 Å². The molecule has 15 heteroatoms. The van der Waals surface area contributed by atoms with E-state index in [-0.39, 0.29) is 42.6 Å². The summed E-state index contributed by atoms with van der Waals surface area (Å²) in [7, 11) is -2.65. The largest absolute Gasteiger partial charge is 0.488 e. The Balaban J connectivity index is 1.39. The van der Waals surface area contributed by atoms with Crippen LogP contribution in [0.2, 0.25) is 0 Å². The smallest absolute Gasteiger partial charge is 0.344 e. The Labute approximate surface area is 314 Å². The van der Waals surface area contributed by atoms with Crippen LogP contribution in [0, 0.1) is 19.3 Å². The van der Waals surface area contributed by atoms with Gasteiger partial charge >= 0.3 is 12.0 Å². The van der Waals surface area contributed by atoms with Crippen molar-refractivity contribution in [3.05, 3.63) is 94.8 Å². The number of nitrogens with one attached hydrogen (secondary N) is 1. The molecule has 1 amide bonds. The standard InChI is InChI=1S/C39H45N7O7S/c1-8-29-22-45(54(49,50)33-13-11-10-12-32(33)53-29)21-27-18-26(15-14-24(27)3)35(30-16-17-31-36(25(30)4)43-44-46(31)9-2)39(5,6)37(48)42-28-19-40-38(41-20-28)52-23-34(47)51-7/h10-20,29,35H,8-9,21-23H2,1-7H3,(H,42,48)/t29-,35?/m1/s1. The van der Waals surface area contributed by atoms with Crippen LogP contribution < -0.4 is 14.8 Å². The minimum atomic E-state index is -3.90. The van der Waals surface area contributed by atoms with E-state index in [0.29, 0.717) is 24.4 Å². The molecule has 3 heterocycles. The van der Waals surface area contributed by atoms with Crippen LogP contribution in [0.1, 0.15) is 67.9 Å². The molecular formula is C39H45N7O7S. The zero-order valence-electron chi connectivity index (χ0n) is 31.5. The Morgan fingerprint density at radius 2 is 1.80 bits per heavy atom. The van der Waals surface area contributed by atoms with Crippen molar-refractivity contribution in [1.82, 2.24) is 29.3 Å². The third-order valence-electron chi connectivity index (χ3n) is 10.0. The van der Waals surface area contributed by atoms with Crippen molar-refractivity contribution in [3.8, 4) is 11.8 Å². The highest BCUT2D eigenvalue weighted by Crippen LogP contribution is 2.45. The highest BCUT2D eigenvalue weighted by molar-refractivity contribution is 7.89. The molecule has 2 atom stereocenters. The van der Waals surface area contributed by atoms with Gasteiger partial charge in [0, 0.05) is 19.0 Å². The molecule has 0 fully saturated rings. The summed E-state index contributed by atoms with van der Waals surface area (Å²) in [6.45, 7) is 12.2. The number of carbonyl (C=O) groups is 2. The number of carbonyl (C=O) groups excluding carboxylic acids is 2. The third-order valence-corrected chi connectivity index (χ3v) is 11.9. The number of amides is 1. The van der Waals surface area contributed by atoms with E-state index in [0.717, 1.165) is 38.9 Å². The SMILES string of the molecule is CC[C@@H]1CN(Cc2cc(C(c3ccc4c(nnn4CC)c3C)C(C)(C)C(=O)Nc3cnc(OCC(=O)OC)nc3)ccc2C)S(=O)(=O)c2ccccc2O1. The first-order valence-corrected chi connectivity index (χ1v) is 19.2. The molecule has 3 aromatic carbocycles. The summed E-state index contributed by atoms with van der Waals surface area (Å²) in [6, 6.07) is 16.7. The Morgan fingerprint density at radius 1 is 1.06 bits per heavy atom. The summed E-state index contributed by atoms with van der Waals surface area (Å²) in [5.74, 6) is -1.06. The molecule has 0 radical (unpaired) electrons. The van der Waals surface area contributed by atoms with Crippen molar-refractivity contribution < 1.29 is 32.2 Å². The van der Waals surface area contributed by atoms with Crippen LogP contribution in [-0.4, -0.2) is 75.9 Å². The maximum Gasteiger partial charge on any atom is 0.344 e. The second-order valence-corrected chi connectivity index (χ2v) is 15.8. The van der Waals surface area contributed by atoms with Gasteiger partial charge in [-0.2, -0.15) is 4.31 Å². The lowest BCUT2D eigenvalue weighted by atomic mass is 9.69. The molecule has 1 unspecified atom stereocenters. The van der Waals surface area contributed by atoms with Gasteiger partial charge in [-0.15, -0.1) is 5.10 Å². The van der Waals surface area contributed by atoms with Gasteiger partial charge in [-0.3, -0.25) is 4.79 Å². The molecule has 0 bridgehead atoms. The number of aryl methyl sites for hydroxylation is 3. The van der Waals surface area contributed by atoms with E-state index in [2.05, 4.69) is 30.3 Å². The molecule has 0 saturated carbocycles. The first kappa shape index (κ1) is 38.3. The van der Waals surface area contributed by atoms with E-state index in [1.807, 2.05) is 76.6 Å². The molecule has 0 aliphatic carbocycles. The molecule has 0 saturated heterocycles. The van der Waals surface area contributed by atoms with Gasteiger partial charge in [-0.1, -0.05) is 62.4 Å². The number of para-hydroxylation sites is 1. The first-order chi connectivity index (χ1) is 25.8. The van der Waals surface area contributed by atoms with E-state index >= 15 is 0 Å². The third kappa shape index (κ3) is 7.51. The lowest BCUT2D eigenvalue weighted by molar-refractivity contribution is -0.143. The van der Waals surface area contributed by atoms with Gasteiger partial charge < -0.3 is 19.5 Å². The van der Waals surface area contributed by atoms with Gasteiger partial charge in [0.1, 0.15) is 22.3 Å². The van der Waals surface area contributed by atoms with E-state index < -0.39 is 27.3 Å². The number of aromatic nitrogens is 5. The van der Waals surface area contributed by atoms with Crippen molar-refractivity contribution in [1.29, 1.82) is 0 Å². The Bertz CT molecular complexity index is 2290. The first-order valence-electron chi connectivity index (χ1n) is 17.8. The molecule has 1 N–H and O–H groups in total. The fourth-order valence-electron chi connectivity index (χ4n) is 6.81. The summed E-state index contributed by atoms with van der Waals surface area (Å²) in [5, 5.41) is 11.8. The number of sulfonamides is 1. The van der Waals surface area contributed by atoms with Crippen molar-refractivity contribution in [2.45, 2.75) is 78.0 Å². The number of hydrogen-bond donors (Lipinski definition) is 1. The molecule has 1 aliphatic heterocycles. The molecule has 1 aliphatic rings. The quantitative estimate of drug-likeness (QED) is 0.158. The van der Waals surface area contributed by atoms with Crippen molar-refractivity contribution >= 4 is 38.6 Å². The average molecular weight is 756 g/mol. The number of fused-ring (bicyclic) bond motifs is 2. The van der Waals surface area contributed by atoms with Crippen molar-refractivity contribution in [2.24, 2.45) is 5.41 Å². The molecule has 2 aromatic heterocycles. The molecule has 54 heavy (non-hydrogen) atoms. The number of benzene rings is 3. The Morgan fingerprint density at radius 3 is 2.50 bits per heavy atom. The van der Waals surface area contributed by atoms with Crippen LogP contribution in [-0.2, 0) is 37.4 Å². The number of nitrogens with zero attached hydrogens (tertiary/aromatic N) is 6. The summed E-state index contributed by atoms with van der Waals surface area (Å²) in [5.41, 5.74) is 5.14. The fourth-order valence-corrected chi connectivity index (χ4v) is 8.38. The van der Waals surface area contributed by atoms with E-state index in [1.165, 1.54) is 23.8 Å². The van der Waals surface area contributed by atoms with Crippen LogP contribution in [0.3, 0.4) is 0 Å². The minimum absolute atomic E-state index is 0.0431. The zero-order chi connectivity index (χ0) is 38.8. The molecule has 284 valence electrons. The highest BCUT2D eigenvalue weighted by Gasteiger charge is 2.41. The lowest BCUT2D eigenvalue weighted by Gasteiger charge is -2.35. The van der Waals surface area contributed by atoms with Gasteiger partial charge in [-0.25, -0.2) is 27.9 Å². The number of esters is 1. The number of anilines is 1. The fraction of sp³-hybridized carbons (Fsp3) is 0.385. The summed E-state index contributed by atoms with van der Waals surface area (Å²) >= 11 is 0. The average Bonchev–Trinajstić information content (AvgIpc) is 3.55. The lowest BCUT2D eigenvalue weighted by Crippen LogP contribution is -2.38. The van der Waals surface area contributed by atoms with Crippen LogP contribution in [0.15, 0.2) is 71.9 Å². The maximum absolute atomic E-state index is 14.4. The topological polar surface area (TPSA) is 168 Å². The van der Waals surface area contributed by atoms with E-state index in [1.54, 1.807) is 24.3 Å². The highest BCUT2D eigenvalue weighted by atomic mass is 32.2. The number of methoxy groups -OCH3 is 1. The summed E-state index contributed by atoms with van der Waals surface area (Å²) < 4.78 is 47.5. The number of rotatable bonds is 12. The Kier molecular flexibility index (Phi) is 11.0. The number of hydrogen-bond acceptors (Lipinski definition) is 11. The van der Waals surface area contributed by atoms with Crippen LogP contribution in [0.25, 0.3) is 11.0 Å². The van der Waals surface area contributed by atoms with Crippen LogP contribution in [0.5, 0.6) is 11.8 Å². The van der Waals surface area contributed by atoms with E-state index in [4.69, 9.17) is 9.47 Å². The molecular weight excluding hydrogens is 711 g/mol. The normalized spacial score (nSPS) is 16.2. The predicted molar refractivity (Wildman–Crippen MR) is 202 cm³/mol. The van der Waals surface area contributed by atoms with Gasteiger partial charge in [0.2, 0.25) is 15.9 Å². The van der Waals surface area contributed by atoms with Gasteiger partial charge in [0.05, 0.1) is 42.7 Å².